The van der Waals surface area contributed by atoms with Crippen LogP contribution in [0.5, 0.6) is 0 Å². The van der Waals surface area contributed by atoms with E-state index in [0.717, 1.165) is 23.7 Å². The van der Waals surface area contributed by atoms with E-state index < -0.39 is 17.5 Å². The van der Waals surface area contributed by atoms with Crippen molar-refractivity contribution in [3.05, 3.63) is 34.6 Å². The molecule has 1 N–H and O–H groups in total. The first-order chi connectivity index (χ1) is 9.76. The third kappa shape index (κ3) is 4.25. The molecule has 0 aliphatic carbocycles. The summed E-state index contributed by atoms with van der Waals surface area (Å²) >= 11 is 1.24. The summed E-state index contributed by atoms with van der Waals surface area (Å²) in [4.78, 5) is 0. The fraction of sp³-hybridized carbons (Fsp3) is 0.429. The second-order valence-electron chi connectivity index (χ2n) is 5.68. The van der Waals surface area contributed by atoms with Crippen molar-refractivity contribution < 1.29 is 13.2 Å². The van der Waals surface area contributed by atoms with Gasteiger partial charge in [-0.3, -0.25) is 0 Å². The number of hydrogen-bond acceptors (Lipinski definition) is 4. The lowest BCUT2D eigenvalue weighted by Gasteiger charge is -2.19. The van der Waals surface area contributed by atoms with E-state index in [9.17, 15) is 13.2 Å². The third-order valence-electron chi connectivity index (χ3n) is 2.69. The summed E-state index contributed by atoms with van der Waals surface area (Å²) in [6.45, 7) is 6.90. The lowest BCUT2D eigenvalue weighted by molar-refractivity contribution is 0.429. The molecule has 0 unspecified atom stereocenters. The second kappa shape index (κ2) is 6.11. The monoisotopic (exact) mass is 315 g/mol. The van der Waals surface area contributed by atoms with Gasteiger partial charge in [0.1, 0.15) is 10.0 Å². The van der Waals surface area contributed by atoms with Gasteiger partial charge >= 0.3 is 0 Å². The minimum Gasteiger partial charge on any atom is -0.312 e. The summed E-state index contributed by atoms with van der Waals surface area (Å²) < 4.78 is 39.3. The fourth-order valence-electron chi connectivity index (χ4n) is 1.69. The molecule has 0 bridgehead atoms. The Hall–Kier alpha value is -1.47. The molecule has 3 nitrogen and oxygen atoms in total. The quantitative estimate of drug-likeness (QED) is 0.877. The molecule has 0 aliphatic rings. The van der Waals surface area contributed by atoms with Crippen LogP contribution in [-0.4, -0.2) is 22.3 Å². The lowest BCUT2D eigenvalue weighted by atomic mass is 10.1. The average Bonchev–Trinajstić information content (AvgIpc) is 2.82. The van der Waals surface area contributed by atoms with Crippen LogP contribution < -0.4 is 5.32 Å². The van der Waals surface area contributed by atoms with Gasteiger partial charge in [-0.05, 0) is 32.9 Å². The second-order valence-corrected chi connectivity index (χ2v) is 6.74. The van der Waals surface area contributed by atoms with Gasteiger partial charge in [-0.25, -0.2) is 13.2 Å². The van der Waals surface area contributed by atoms with Gasteiger partial charge in [0.25, 0.3) is 0 Å². The molecule has 1 heterocycles. The predicted molar refractivity (Wildman–Crippen MR) is 76.7 cm³/mol. The zero-order valence-corrected chi connectivity index (χ0v) is 12.8. The highest BCUT2D eigenvalue weighted by Crippen LogP contribution is 2.26. The molecule has 2 aromatic rings. The Labute approximate surface area is 125 Å². The van der Waals surface area contributed by atoms with E-state index in [1.807, 2.05) is 0 Å². The molecule has 0 atom stereocenters. The molecule has 0 saturated heterocycles. The summed E-state index contributed by atoms with van der Waals surface area (Å²) in [6.07, 6.45) is 0.668. The average molecular weight is 315 g/mol. The van der Waals surface area contributed by atoms with Gasteiger partial charge in [0.05, 0.1) is 0 Å². The molecule has 0 fully saturated rings. The Morgan fingerprint density at radius 2 is 1.71 bits per heavy atom. The molecule has 0 aliphatic heterocycles. The van der Waals surface area contributed by atoms with E-state index in [-0.39, 0.29) is 11.1 Å². The normalized spacial score (nSPS) is 11.9. The Morgan fingerprint density at radius 1 is 1.10 bits per heavy atom. The smallest absolute Gasteiger partial charge is 0.194 e. The predicted octanol–water partition coefficient (Wildman–Crippen LogP) is 3.55. The molecule has 7 heteroatoms. The largest absolute Gasteiger partial charge is 0.312 e. The molecule has 0 spiro atoms. The summed E-state index contributed by atoms with van der Waals surface area (Å²) in [5.41, 5.74) is 0.204. The van der Waals surface area contributed by atoms with E-state index in [1.165, 1.54) is 11.3 Å². The van der Waals surface area contributed by atoms with E-state index in [2.05, 4.69) is 36.3 Å². The van der Waals surface area contributed by atoms with E-state index in [4.69, 9.17) is 0 Å². The van der Waals surface area contributed by atoms with Crippen LogP contribution in [0.15, 0.2) is 12.1 Å². The van der Waals surface area contributed by atoms with Gasteiger partial charge in [0, 0.05) is 24.1 Å². The summed E-state index contributed by atoms with van der Waals surface area (Å²) in [6, 6.07) is 1.85. The first kappa shape index (κ1) is 15.9. The fourth-order valence-corrected chi connectivity index (χ4v) is 2.52. The van der Waals surface area contributed by atoms with Crippen molar-refractivity contribution in [2.24, 2.45) is 0 Å². The molecule has 1 aromatic carbocycles. The molecular formula is C14H16F3N3S. The number of nitrogens with one attached hydrogen (secondary N) is 1. The first-order valence-electron chi connectivity index (χ1n) is 6.48. The SMILES string of the molecule is CC(C)(C)NCCc1nnc(-c2cc(F)c(F)c(F)c2)s1. The van der Waals surface area contributed by atoms with Crippen molar-refractivity contribution in [3.63, 3.8) is 0 Å². The van der Waals surface area contributed by atoms with Crippen LogP contribution in [0.2, 0.25) is 0 Å². The van der Waals surface area contributed by atoms with Crippen LogP contribution in [0.3, 0.4) is 0 Å². The minimum atomic E-state index is -1.47. The number of nitrogens with zero attached hydrogens (tertiary/aromatic N) is 2. The van der Waals surface area contributed by atoms with E-state index in [0.29, 0.717) is 11.4 Å². The first-order valence-corrected chi connectivity index (χ1v) is 7.30. The molecule has 0 radical (unpaired) electrons. The van der Waals surface area contributed by atoms with Gasteiger partial charge in [-0.2, -0.15) is 0 Å². The topological polar surface area (TPSA) is 37.8 Å². The highest BCUT2D eigenvalue weighted by molar-refractivity contribution is 7.14. The third-order valence-corrected chi connectivity index (χ3v) is 3.72. The molecular weight excluding hydrogens is 299 g/mol. The zero-order valence-electron chi connectivity index (χ0n) is 12.0. The van der Waals surface area contributed by atoms with Crippen LogP contribution in [-0.2, 0) is 6.42 Å². The number of rotatable bonds is 4. The van der Waals surface area contributed by atoms with E-state index in [1.54, 1.807) is 0 Å². The van der Waals surface area contributed by atoms with Crippen LogP contribution in [0, 0.1) is 17.5 Å². The van der Waals surface area contributed by atoms with Crippen LogP contribution in [0.1, 0.15) is 25.8 Å². The van der Waals surface area contributed by atoms with Gasteiger partial charge in [-0.15, -0.1) is 10.2 Å². The van der Waals surface area contributed by atoms with Crippen LogP contribution >= 0.6 is 11.3 Å². The molecule has 114 valence electrons. The molecule has 0 saturated carbocycles. The molecule has 21 heavy (non-hydrogen) atoms. The number of hydrogen-bond donors (Lipinski definition) is 1. The van der Waals surface area contributed by atoms with Crippen molar-refractivity contribution in [1.82, 2.24) is 15.5 Å². The van der Waals surface area contributed by atoms with Gasteiger partial charge in [0.15, 0.2) is 17.5 Å². The zero-order chi connectivity index (χ0) is 15.6. The summed E-state index contributed by atoms with van der Waals surface area (Å²) in [5.74, 6) is -3.93. The van der Waals surface area contributed by atoms with Crippen LogP contribution in [0.4, 0.5) is 13.2 Å². The standard InChI is InChI=1S/C14H16F3N3S/c1-14(2,3)18-5-4-11-19-20-13(21-11)8-6-9(15)12(17)10(16)7-8/h6-7,18H,4-5H2,1-3H3. The van der Waals surface area contributed by atoms with Crippen molar-refractivity contribution in [3.8, 4) is 10.6 Å². The van der Waals surface area contributed by atoms with Gasteiger partial charge in [0.2, 0.25) is 0 Å². The minimum absolute atomic E-state index is 0.0106. The maximum atomic E-state index is 13.2. The molecule has 0 amide bonds. The van der Waals surface area contributed by atoms with Crippen molar-refractivity contribution in [2.75, 3.05) is 6.54 Å². The molecule has 1 aromatic heterocycles. The Balaban J connectivity index is 2.10. The number of benzene rings is 1. The Bertz CT molecular complexity index is 612. The highest BCUT2D eigenvalue weighted by atomic mass is 32.1. The summed E-state index contributed by atoms with van der Waals surface area (Å²) in [5, 5.41) is 12.3. The Morgan fingerprint density at radius 3 is 2.29 bits per heavy atom. The lowest BCUT2D eigenvalue weighted by Crippen LogP contribution is -2.37. The maximum absolute atomic E-state index is 13.2. The highest BCUT2D eigenvalue weighted by Gasteiger charge is 2.15. The maximum Gasteiger partial charge on any atom is 0.194 e. The van der Waals surface area contributed by atoms with Crippen molar-refractivity contribution in [2.45, 2.75) is 32.7 Å². The molecule has 2 rings (SSSR count). The van der Waals surface area contributed by atoms with Gasteiger partial charge < -0.3 is 5.32 Å². The number of halogens is 3. The number of aromatic nitrogens is 2. The van der Waals surface area contributed by atoms with Crippen molar-refractivity contribution in [1.29, 1.82) is 0 Å². The van der Waals surface area contributed by atoms with Crippen LogP contribution in [0.25, 0.3) is 10.6 Å². The van der Waals surface area contributed by atoms with Crippen molar-refractivity contribution >= 4 is 11.3 Å². The summed E-state index contributed by atoms with van der Waals surface area (Å²) in [7, 11) is 0. The van der Waals surface area contributed by atoms with E-state index >= 15 is 0 Å². The Kier molecular flexibility index (Phi) is 4.63. The van der Waals surface area contributed by atoms with Gasteiger partial charge in [-0.1, -0.05) is 11.3 Å².